The second-order valence-electron chi connectivity index (χ2n) is 5.18. The van der Waals surface area contributed by atoms with Gasteiger partial charge in [0.05, 0.1) is 12.9 Å². The smallest absolute Gasteiger partial charge is 0.434 e. The lowest BCUT2D eigenvalue weighted by molar-refractivity contribution is -0.129. The van der Waals surface area contributed by atoms with Crippen LogP contribution in [0.25, 0.3) is 0 Å². The summed E-state index contributed by atoms with van der Waals surface area (Å²) in [5.41, 5.74) is 0. The van der Waals surface area contributed by atoms with Crippen LogP contribution in [0.2, 0.25) is 0 Å². The molecule has 0 aliphatic carbocycles. The van der Waals surface area contributed by atoms with Gasteiger partial charge >= 0.3 is 6.16 Å². The van der Waals surface area contributed by atoms with Gasteiger partial charge in [-0.2, -0.15) is 8.42 Å². The van der Waals surface area contributed by atoms with Crippen LogP contribution < -0.4 is 0 Å². The van der Waals surface area contributed by atoms with E-state index in [0.717, 1.165) is 6.26 Å². The van der Waals surface area contributed by atoms with Crippen molar-refractivity contribution in [1.29, 1.82) is 0 Å². The van der Waals surface area contributed by atoms with E-state index in [0.29, 0.717) is 0 Å². The van der Waals surface area contributed by atoms with E-state index < -0.39 is 34.8 Å². The molecule has 9 heteroatoms. The number of methoxy groups -OCH3 is 1. The lowest BCUT2D eigenvalue weighted by Crippen LogP contribution is -2.32. The van der Waals surface area contributed by atoms with E-state index in [9.17, 15) is 13.2 Å². The molecule has 1 fully saturated rings. The van der Waals surface area contributed by atoms with Gasteiger partial charge in [-0.3, -0.25) is 4.18 Å². The Hall–Kier alpha value is -0.900. The molecule has 1 unspecified atom stereocenters. The third-order valence-corrected chi connectivity index (χ3v) is 3.22. The van der Waals surface area contributed by atoms with E-state index in [1.54, 1.807) is 0 Å². The summed E-state index contributed by atoms with van der Waals surface area (Å²) in [6.45, 7) is 3.87. The van der Waals surface area contributed by atoms with Crippen molar-refractivity contribution in [2.45, 2.75) is 38.8 Å². The van der Waals surface area contributed by atoms with E-state index in [4.69, 9.17) is 23.1 Å². The van der Waals surface area contributed by atoms with Crippen molar-refractivity contribution in [2.75, 3.05) is 26.6 Å². The Balaban J connectivity index is 2.48. The molecular weight excluding hydrogens is 304 g/mol. The van der Waals surface area contributed by atoms with E-state index in [2.05, 4.69) is 0 Å². The van der Waals surface area contributed by atoms with Crippen LogP contribution in [0.3, 0.4) is 0 Å². The highest BCUT2D eigenvalue weighted by atomic mass is 32.2. The van der Waals surface area contributed by atoms with Gasteiger partial charge in [-0.25, -0.2) is 4.79 Å². The SMILES string of the molecule is COC1C[C@H](OS(C)(=O)=O)[C@@H](COC(=O)OCC(C)C)O1. The van der Waals surface area contributed by atoms with Crippen LogP contribution in [0, 0.1) is 5.92 Å². The zero-order chi connectivity index (χ0) is 16.0. The quantitative estimate of drug-likeness (QED) is 0.503. The first kappa shape index (κ1) is 18.1. The summed E-state index contributed by atoms with van der Waals surface area (Å²) in [6, 6.07) is 0. The molecule has 0 spiro atoms. The molecule has 0 amide bonds. The van der Waals surface area contributed by atoms with Crippen LogP contribution in [0.5, 0.6) is 0 Å². The molecule has 8 nitrogen and oxygen atoms in total. The molecule has 1 heterocycles. The summed E-state index contributed by atoms with van der Waals surface area (Å²) in [5.74, 6) is 0.194. The third kappa shape index (κ3) is 7.07. The number of rotatable bonds is 7. The molecule has 0 aromatic carbocycles. The van der Waals surface area contributed by atoms with Crippen LogP contribution >= 0.6 is 0 Å². The Morgan fingerprint density at radius 1 is 1.33 bits per heavy atom. The lowest BCUT2D eigenvalue weighted by atomic mass is 10.2. The van der Waals surface area contributed by atoms with Gasteiger partial charge in [-0.15, -0.1) is 0 Å². The maximum Gasteiger partial charge on any atom is 0.508 e. The maximum atomic E-state index is 11.4. The first-order valence-corrected chi connectivity index (χ1v) is 8.39. The molecule has 0 radical (unpaired) electrons. The minimum atomic E-state index is -3.64. The van der Waals surface area contributed by atoms with Crippen molar-refractivity contribution in [3.63, 3.8) is 0 Å². The zero-order valence-electron chi connectivity index (χ0n) is 12.6. The summed E-state index contributed by atoms with van der Waals surface area (Å²) in [5, 5.41) is 0. The van der Waals surface area contributed by atoms with E-state index in [-0.39, 0.29) is 25.6 Å². The molecule has 124 valence electrons. The standard InChI is InChI=1S/C12H22O8S/c1-8(2)6-17-12(13)18-7-10-9(20-21(4,14)15)5-11(16-3)19-10/h8-11H,5-7H2,1-4H3/t9-,10+,11?/m0/s1. The Kier molecular flexibility index (Phi) is 6.85. The van der Waals surface area contributed by atoms with Gasteiger partial charge in [0.2, 0.25) is 0 Å². The van der Waals surface area contributed by atoms with Gasteiger partial charge in [0.25, 0.3) is 10.1 Å². The number of hydrogen-bond acceptors (Lipinski definition) is 8. The summed E-state index contributed by atoms with van der Waals surface area (Å²) in [4.78, 5) is 11.4. The molecule has 1 rings (SSSR count). The van der Waals surface area contributed by atoms with Crippen molar-refractivity contribution in [2.24, 2.45) is 5.92 Å². The topological polar surface area (TPSA) is 97.4 Å². The second kappa shape index (κ2) is 7.92. The van der Waals surface area contributed by atoms with Crippen LogP contribution in [0.15, 0.2) is 0 Å². The molecule has 0 N–H and O–H groups in total. The Morgan fingerprint density at radius 2 is 2.00 bits per heavy atom. The maximum absolute atomic E-state index is 11.4. The molecule has 1 aliphatic rings. The molecule has 21 heavy (non-hydrogen) atoms. The molecule has 0 saturated carbocycles. The fourth-order valence-electron chi connectivity index (χ4n) is 1.73. The van der Waals surface area contributed by atoms with E-state index in [1.807, 2.05) is 13.8 Å². The Labute approximate surface area is 124 Å². The molecule has 1 saturated heterocycles. The van der Waals surface area contributed by atoms with E-state index >= 15 is 0 Å². The first-order valence-electron chi connectivity index (χ1n) is 6.57. The predicted octanol–water partition coefficient (Wildman–Crippen LogP) is 0.902. The largest absolute Gasteiger partial charge is 0.508 e. The number of ether oxygens (including phenoxy) is 4. The normalized spacial score (nSPS) is 26.0. The van der Waals surface area contributed by atoms with Gasteiger partial charge in [0, 0.05) is 13.5 Å². The molecule has 0 aromatic heterocycles. The van der Waals surface area contributed by atoms with Gasteiger partial charge < -0.3 is 18.9 Å². The van der Waals surface area contributed by atoms with Crippen LogP contribution in [0.4, 0.5) is 4.79 Å². The van der Waals surface area contributed by atoms with Crippen molar-refractivity contribution in [1.82, 2.24) is 0 Å². The summed E-state index contributed by atoms with van der Waals surface area (Å²) < 4.78 is 47.4. The number of carbonyl (C=O) groups is 1. The van der Waals surface area contributed by atoms with Crippen LogP contribution in [-0.2, 0) is 33.2 Å². The third-order valence-electron chi connectivity index (χ3n) is 2.63. The monoisotopic (exact) mass is 326 g/mol. The van der Waals surface area contributed by atoms with Gasteiger partial charge in [-0.1, -0.05) is 13.8 Å². The minimum Gasteiger partial charge on any atom is -0.434 e. The molecule has 1 aliphatic heterocycles. The summed E-state index contributed by atoms with van der Waals surface area (Å²) in [6.07, 6.45) is -1.73. The Bertz CT molecular complexity index is 433. The Morgan fingerprint density at radius 3 is 2.52 bits per heavy atom. The van der Waals surface area contributed by atoms with Crippen LogP contribution in [0.1, 0.15) is 20.3 Å². The highest BCUT2D eigenvalue weighted by Crippen LogP contribution is 2.25. The molecular formula is C12H22O8S. The van der Waals surface area contributed by atoms with Gasteiger partial charge in [-0.05, 0) is 5.92 Å². The highest BCUT2D eigenvalue weighted by molar-refractivity contribution is 7.86. The second-order valence-corrected chi connectivity index (χ2v) is 6.78. The fourth-order valence-corrected chi connectivity index (χ4v) is 2.38. The molecule has 0 aromatic rings. The molecule has 3 atom stereocenters. The van der Waals surface area contributed by atoms with Crippen molar-refractivity contribution < 1.29 is 36.3 Å². The van der Waals surface area contributed by atoms with Crippen molar-refractivity contribution >= 4 is 16.3 Å². The van der Waals surface area contributed by atoms with E-state index in [1.165, 1.54) is 7.11 Å². The summed E-state index contributed by atoms with van der Waals surface area (Å²) in [7, 11) is -2.21. The van der Waals surface area contributed by atoms with Gasteiger partial charge in [0.1, 0.15) is 18.8 Å². The van der Waals surface area contributed by atoms with Crippen molar-refractivity contribution in [3.8, 4) is 0 Å². The lowest BCUT2D eigenvalue weighted by Gasteiger charge is -2.17. The summed E-state index contributed by atoms with van der Waals surface area (Å²) >= 11 is 0. The molecule has 0 bridgehead atoms. The van der Waals surface area contributed by atoms with Crippen LogP contribution in [-0.4, -0.2) is 59.7 Å². The van der Waals surface area contributed by atoms with Gasteiger partial charge in [0.15, 0.2) is 6.29 Å². The average molecular weight is 326 g/mol. The predicted molar refractivity (Wildman–Crippen MR) is 72.1 cm³/mol. The van der Waals surface area contributed by atoms with Crippen molar-refractivity contribution in [3.05, 3.63) is 0 Å². The fraction of sp³-hybridized carbons (Fsp3) is 0.917. The number of carbonyl (C=O) groups excluding carboxylic acids is 1. The highest BCUT2D eigenvalue weighted by Gasteiger charge is 2.39. The zero-order valence-corrected chi connectivity index (χ0v) is 13.4. The first-order chi connectivity index (χ1) is 9.71. The number of hydrogen-bond donors (Lipinski definition) is 0. The minimum absolute atomic E-state index is 0.170. The average Bonchev–Trinajstić information content (AvgIpc) is 2.74.